The van der Waals surface area contributed by atoms with Gasteiger partial charge in [0.25, 0.3) is 10.0 Å². The molecule has 14 heavy (non-hydrogen) atoms. The van der Waals surface area contributed by atoms with Gasteiger partial charge in [-0.1, -0.05) is 0 Å². The summed E-state index contributed by atoms with van der Waals surface area (Å²) in [6, 6.07) is 1.08. The molecule has 0 aromatic carbocycles. The summed E-state index contributed by atoms with van der Waals surface area (Å²) in [7, 11) is -3.77. The Bertz CT molecular complexity index is 462. The highest BCUT2D eigenvalue weighted by molar-refractivity contribution is 7.89. The Hall–Kier alpha value is -0.960. The number of hydrogen-bond acceptors (Lipinski definition) is 5. The lowest BCUT2D eigenvalue weighted by atomic mass is 10.4. The Balaban J connectivity index is 3.31. The number of carboxylic acids is 1. The van der Waals surface area contributed by atoms with Crippen molar-refractivity contribution in [2.45, 2.75) is 11.8 Å². The van der Waals surface area contributed by atoms with Crippen LogP contribution in [0.5, 0.6) is 0 Å². The first kappa shape index (κ1) is 11.1. The van der Waals surface area contributed by atoms with E-state index in [9.17, 15) is 13.2 Å². The molecule has 0 aliphatic rings. The molecule has 0 saturated heterocycles. The molecule has 0 aliphatic heterocycles. The van der Waals surface area contributed by atoms with Gasteiger partial charge in [-0.3, -0.25) is 5.84 Å². The minimum absolute atomic E-state index is 0.0312. The Morgan fingerprint density at radius 2 is 2.21 bits per heavy atom. The minimum atomic E-state index is -3.77. The van der Waals surface area contributed by atoms with Crippen molar-refractivity contribution in [3.63, 3.8) is 0 Å². The van der Waals surface area contributed by atoms with Crippen LogP contribution in [-0.2, 0) is 10.0 Å². The number of hydrazine groups is 1. The largest absolute Gasteiger partial charge is 0.477 e. The van der Waals surface area contributed by atoms with Crippen molar-refractivity contribution >= 4 is 27.3 Å². The summed E-state index contributed by atoms with van der Waals surface area (Å²) in [6.07, 6.45) is 0. The topological polar surface area (TPSA) is 109 Å². The number of rotatable bonds is 3. The van der Waals surface area contributed by atoms with E-state index in [1.807, 2.05) is 0 Å². The Kier molecular flexibility index (Phi) is 2.90. The number of thiophene rings is 1. The Morgan fingerprint density at radius 1 is 1.64 bits per heavy atom. The Labute approximate surface area is 84.4 Å². The van der Waals surface area contributed by atoms with E-state index in [0.717, 1.165) is 17.4 Å². The maximum Gasteiger partial charge on any atom is 0.345 e. The van der Waals surface area contributed by atoms with Crippen LogP contribution in [0, 0.1) is 6.92 Å². The number of sulfonamides is 1. The van der Waals surface area contributed by atoms with Crippen LogP contribution in [0.4, 0.5) is 0 Å². The first-order chi connectivity index (χ1) is 6.38. The van der Waals surface area contributed by atoms with Gasteiger partial charge in [-0.15, -0.1) is 11.3 Å². The molecular weight excluding hydrogens is 228 g/mol. The molecule has 0 radical (unpaired) electrons. The van der Waals surface area contributed by atoms with E-state index in [-0.39, 0.29) is 9.77 Å². The summed E-state index contributed by atoms with van der Waals surface area (Å²) < 4.78 is 22.5. The number of nitrogens with two attached hydrogens (primary N) is 1. The second kappa shape index (κ2) is 3.65. The molecule has 1 aromatic rings. The molecular formula is C6H8N2O4S2. The van der Waals surface area contributed by atoms with Gasteiger partial charge in [0.15, 0.2) is 0 Å². The maximum absolute atomic E-state index is 11.2. The minimum Gasteiger partial charge on any atom is -0.477 e. The normalized spacial score (nSPS) is 11.6. The van der Waals surface area contributed by atoms with Crippen LogP contribution in [0.15, 0.2) is 11.0 Å². The lowest BCUT2D eigenvalue weighted by molar-refractivity contribution is 0.0702. The molecule has 0 unspecified atom stereocenters. The van der Waals surface area contributed by atoms with Gasteiger partial charge >= 0.3 is 5.97 Å². The smallest absolute Gasteiger partial charge is 0.345 e. The van der Waals surface area contributed by atoms with Gasteiger partial charge in [-0.25, -0.2) is 13.2 Å². The number of carbonyl (C=O) groups is 1. The summed E-state index contributed by atoms with van der Waals surface area (Å²) in [5.74, 6) is 3.66. The summed E-state index contributed by atoms with van der Waals surface area (Å²) in [5, 5.41) is 8.62. The van der Waals surface area contributed by atoms with Crippen molar-refractivity contribution in [1.82, 2.24) is 4.83 Å². The Morgan fingerprint density at radius 3 is 2.57 bits per heavy atom. The predicted octanol–water partition coefficient (Wildman–Crippen LogP) is -0.0933. The highest BCUT2D eigenvalue weighted by Crippen LogP contribution is 2.25. The molecule has 0 spiro atoms. The first-order valence-corrected chi connectivity index (χ1v) is 5.74. The van der Waals surface area contributed by atoms with Crippen molar-refractivity contribution in [2.24, 2.45) is 5.84 Å². The van der Waals surface area contributed by atoms with Gasteiger partial charge in [0.1, 0.15) is 4.88 Å². The standard InChI is InChI=1S/C6H8N2O4S2/c1-3-5(14(11,12)8-7)2-4(13-3)6(9)10/h2,8H,7H2,1H3,(H,9,10). The molecule has 1 heterocycles. The molecule has 1 rings (SSSR count). The highest BCUT2D eigenvalue weighted by Gasteiger charge is 2.20. The van der Waals surface area contributed by atoms with Crippen molar-refractivity contribution in [3.05, 3.63) is 15.8 Å². The third-order valence-corrected chi connectivity index (χ3v) is 4.01. The molecule has 0 atom stereocenters. The van der Waals surface area contributed by atoms with Gasteiger partial charge in [0.05, 0.1) is 4.90 Å². The fraction of sp³-hybridized carbons (Fsp3) is 0.167. The van der Waals surface area contributed by atoms with E-state index in [4.69, 9.17) is 10.9 Å². The summed E-state index contributed by atoms with van der Waals surface area (Å²) in [4.78, 5) is 12.4. The summed E-state index contributed by atoms with van der Waals surface area (Å²) >= 11 is 0.890. The SMILES string of the molecule is Cc1sc(C(=O)O)cc1S(=O)(=O)NN. The zero-order chi connectivity index (χ0) is 10.9. The molecule has 1 aromatic heterocycles. The predicted molar refractivity (Wildman–Crippen MR) is 50.5 cm³/mol. The molecule has 0 fully saturated rings. The second-order valence-corrected chi connectivity index (χ2v) is 5.40. The van der Waals surface area contributed by atoms with Gasteiger partial charge in [0.2, 0.25) is 0 Å². The van der Waals surface area contributed by atoms with E-state index in [0.29, 0.717) is 4.88 Å². The van der Waals surface area contributed by atoms with Crippen LogP contribution in [0.1, 0.15) is 14.5 Å². The molecule has 8 heteroatoms. The molecule has 0 aliphatic carbocycles. The number of aromatic carboxylic acids is 1. The third-order valence-electron chi connectivity index (χ3n) is 1.53. The van der Waals surface area contributed by atoms with Crippen LogP contribution in [0.2, 0.25) is 0 Å². The van der Waals surface area contributed by atoms with Crippen LogP contribution in [0.25, 0.3) is 0 Å². The lowest BCUT2D eigenvalue weighted by Crippen LogP contribution is -2.30. The second-order valence-electron chi connectivity index (χ2n) is 2.46. The fourth-order valence-electron chi connectivity index (χ4n) is 0.901. The van der Waals surface area contributed by atoms with Gasteiger partial charge in [-0.2, -0.15) is 4.83 Å². The molecule has 4 N–H and O–H groups in total. The van der Waals surface area contributed by atoms with E-state index < -0.39 is 16.0 Å². The number of carboxylic acid groups (broad SMARTS) is 1. The van der Waals surface area contributed by atoms with Crippen LogP contribution in [-0.4, -0.2) is 19.5 Å². The van der Waals surface area contributed by atoms with Crippen molar-refractivity contribution in [3.8, 4) is 0 Å². The van der Waals surface area contributed by atoms with Crippen LogP contribution >= 0.6 is 11.3 Å². The molecule has 0 saturated carbocycles. The zero-order valence-electron chi connectivity index (χ0n) is 7.14. The van der Waals surface area contributed by atoms with E-state index >= 15 is 0 Å². The number of nitrogens with one attached hydrogen (secondary N) is 1. The van der Waals surface area contributed by atoms with Crippen molar-refractivity contribution in [1.29, 1.82) is 0 Å². The van der Waals surface area contributed by atoms with Gasteiger partial charge in [-0.05, 0) is 13.0 Å². The quantitative estimate of drug-likeness (QED) is 0.501. The van der Waals surface area contributed by atoms with Crippen molar-refractivity contribution in [2.75, 3.05) is 0 Å². The van der Waals surface area contributed by atoms with E-state index in [1.165, 1.54) is 6.92 Å². The van der Waals surface area contributed by atoms with E-state index in [2.05, 4.69) is 0 Å². The van der Waals surface area contributed by atoms with Crippen LogP contribution in [0.3, 0.4) is 0 Å². The fourth-order valence-corrected chi connectivity index (χ4v) is 2.96. The highest BCUT2D eigenvalue weighted by atomic mass is 32.2. The molecule has 6 nitrogen and oxygen atoms in total. The average Bonchev–Trinajstić information content (AvgIpc) is 2.48. The zero-order valence-corrected chi connectivity index (χ0v) is 8.78. The van der Waals surface area contributed by atoms with Crippen LogP contribution < -0.4 is 10.7 Å². The third kappa shape index (κ3) is 1.93. The monoisotopic (exact) mass is 236 g/mol. The molecule has 78 valence electrons. The number of aryl methyl sites for hydroxylation is 1. The van der Waals surface area contributed by atoms with Gasteiger partial charge < -0.3 is 5.11 Å². The van der Waals surface area contributed by atoms with Crippen molar-refractivity contribution < 1.29 is 18.3 Å². The lowest BCUT2D eigenvalue weighted by Gasteiger charge is -1.98. The number of hydrogen-bond donors (Lipinski definition) is 3. The molecule has 0 amide bonds. The van der Waals surface area contributed by atoms with Gasteiger partial charge in [0, 0.05) is 4.88 Å². The summed E-state index contributed by atoms with van der Waals surface area (Å²) in [5.41, 5.74) is 0. The first-order valence-electron chi connectivity index (χ1n) is 3.44. The summed E-state index contributed by atoms with van der Waals surface area (Å²) in [6.45, 7) is 1.52. The maximum atomic E-state index is 11.2. The molecule has 0 bridgehead atoms. The average molecular weight is 236 g/mol. The van der Waals surface area contributed by atoms with E-state index in [1.54, 1.807) is 4.83 Å².